The van der Waals surface area contributed by atoms with Crippen molar-refractivity contribution in [1.29, 1.82) is 5.26 Å². The zero-order valence-electron chi connectivity index (χ0n) is 9.34. The van der Waals surface area contributed by atoms with Crippen molar-refractivity contribution in [3.8, 4) is 6.07 Å². The Morgan fingerprint density at radius 1 is 1.27 bits per heavy atom. The Kier molecular flexibility index (Phi) is 2.69. The second-order valence-electron chi connectivity index (χ2n) is 4.84. The molecular formula is C10H18N4O. The van der Waals surface area contributed by atoms with Crippen LogP contribution in [0.25, 0.3) is 0 Å². The van der Waals surface area contributed by atoms with E-state index in [0.29, 0.717) is 0 Å². The van der Waals surface area contributed by atoms with Crippen LogP contribution in [0.3, 0.4) is 0 Å². The third-order valence-electron chi connectivity index (χ3n) is 3.85. The summed E-state index contributed by atoms with van der Waals surface area (Å²) in [4.78, 5) is 7.05. The fourth-order valence-electron chi connectivity index (χ4n) is 2.43. The third kappa shape index (κ3) is 1.74. The first-order chi connectivity index (χ1) is 7.13. The van der Waals surface area contributed by atoms with E-state index in [1.807, 2.05) is 19.0 Å². The molecular weight excluding hydrogens is 192 g/mol. The van der Waals surface area contributed by atoms with Crippen molar-refractivity contribution in [2.75, 3.05) is 20.6 Å². The van der Waals surface area contributed by atoms with Crippen LogP contribution in [0.4, 0.5) is 0 Å². The van der Waals surface area contributed by atoms with Gasteiger partial charge in [0.2, 0.25) is 0 Å². The molecule has 2 aliphatic rings. The Morgan fingerprint density at radius 3 is 2.33 bits per heavy atom. The van der Waals surface area contributed by atoms with Crippen molar-refractivity contribution in [3.63, 3.8) is 0 Å². The first-order valence-corrected chi connectivity index (χ1v) is 5.37. The van der Waals surface area contributed by atoms with Gasteiger partial charge in [0.05, 0.1) is 11.6 Å². The fourth-order valence-corrected chi connectivity index (χ4v) is 2.43. The molecule has 0 bridgehead atoms. The summed E-state index contributed by atoms with van der Waals surface area (Å²) < 4.78 is 0. The SMILES string of the molecule is CN(C)C1(C#N)CCC2(CC1)CNON2. The summed E-state index contributed by atoms with van der Waals surface area (Å²) in [7, 11) is 3.97. The quantitative estimate of drug-likeness (QED) is 0.645. The molecule has 15 heavy (non-hydrogen) atoms. The van der Waals surface area contributed by atoms with E-state index < -0.39 is 0 Å². The molecule has 0 unspecified atom stereocenters. The summed E-state index contributed by atoms with van der Waals surface area (Å²) in [6.07, 6.45) is 3.75. The average molecular weight is 210 g/mol. The normalized spacial score (nSPS) is 40.9. The molecule has 84 valence electrons. The predicted octanol–water partition coefficient (Wildman–Crippen LogP) is 0.163. The minimum Gasteiger partial charge on any atom is -0.292 e. The lowest BCUT2D eigenvalue weighted by atomic mass is 9.72. The minimum atomic E-state index is -0.282. The molecule has 1 saturated carbocycles. The standard InChI is InChI=1S/C10H18N4O/c1-14(2)10(7-11)5-3-9(4-6-10)8-12-15-13-9/h12-13H,3-6,8H2,1-2H3. The zero-order valence-corrected chi connectivity index (χ0v) is 9.34. The summed E-state index contributed by atoms with van der Waals surface area (Å²) in [6.45, 7) is 0.835. The lowest BCUT2D eigenvalue weighted by molar-refractivity contribution is -0.0147. The molecule has 0 atom stereocenters. The first-order valence-electron chi connectivity index (χ1n) is 5.37. The lowest BCUT2D eigenvalue weighted by Gasteiger charge is -2.43. The van der Waals surface area contributed by atoms with E-state index in [9.17, 15) is 5.26 Å². The molecule has 1 saturated heterocycles. The van der Waals surface area contributed by atoms with Crippen LogP contribution in [0.2, 0.25) is 0 Å². The van der Waals surface area contributed by atoms with Crippen LogP contribution in [0.15, 0.2) is 0 Å². The van der Waals surface area contributed by atoms with E-state index in [-0.39, 0.29) is 11.1 Å². The van der Waals surface area contributed by atoms with Gasteiger partial charge in [0.25, 0.3) is 0 Å². The molecule has 0 amide bonds. The molecule has 1 aliphatic heterocycles. The van der Waals surface area contributed by atoms with Crippen molar-refractivity contribution in [2.24, 2.45) is 0 Å². The van der Waals surface area contributed by atoms with Gasteiger partial charge in [-0.2, -0.15) is 16.2 Å². The summed E-state index contributed by atoms with van der Waals surface area (Å²) in [5.74, 6) is 0. The maximum atomic E-state index is 9.28. The lowest BCUT2D eigenvalue weighted by Crippen LogP contribution is -2.54. The number of rotatable bonds is 1. The molecule has 2 rings (SSSR count). The number of nitrogens with zero attached hydrogens (tertiary/aromatic N) is 2. The number of nitrogens with one attached hydrogen (secondary N) is 2. The number of hydroxylamine groups is 2. The Bertz CT molecular complexity index is 268. The van der Waals surface area contributed by atoms with Crippen molar-refractivity contribution in [3.05, 3.63) is 0 Å². The second-order valence-corrected chi connectivity index (χ2v) is 4.84. The largest absolute Gasteiger partial charge is 0.292 e. The number of hydrogen-bond acceptors (Lipinski definition) is 5. The summed E-state index contributed by atoms with van der Waals surface area (Å²) in [5.41, 5.74) is 5.65. The van der Waals surface area contributed by atoms with Gasteiger partial charge < -0.3 is 0 Å². The van der Waals surface area contributed by atoms with Crippen molar-refractivity contribution in [1.82, 2.24) is 15.9 Å². The monoisotopic (exact) mass is 210 g/mol. The van der Waals surface area contributed by atoms with Crippen LogP contribution in [0.1, 0.15) is 25.7 Å². The molecule has 0 radical (unpaired) electrons. The van der Waals surface area contributed by atoms with Gasteiger partial charge in [-0.25, -0.2) is 4.94 Å². The van der Waals surface area contributed by atoms with Crippen molar-refractivity contribution >= 4 is 0 Å². The number of nitriles is 1. The highest BCUT2D eigenvalue weighted by Gasteiger charge is 2.46. The Hall–Kier alpha value is -0.670. The third-order valence-corrected chi connectivity index (χ3v) is 3.85. The molecule has 5 nitrogen and oxygen atoms in total. The van der Waals surface area contributed by atoms with E-state index in [2.05, 4.69) is 17.0 Å². The van der Waals surface area contributed by atoms with Crippen molar-refractivity contribution < 1.29 is 4.94 Å². The number of hydrogen-bond donors (Lipinski definition) is 2. The molecule has 0 aromatic carbocycles. The molecule has 0 aromatic rings. The molecule has 1 spiro atoms. The second kappa shape index (κ2) is 3.72. The van der Waals surface area contributed by atoms with E-state index in [1.165, 1.54) is 0 Å². The van der Waals surface area contributed by atoms with E-state index in [1.54, 1.807) is 0 Å². The van der Waals surface area contributed by atoms with Crippen molar-refractivity contribution in [2.45, 2.75) is 36.8 Å². The molecule has 2 N–H and O–H groups in total. The van der Waals surface area contributed by atoms with Crippen LogP contribution in [-0.2, 0) is 4.94 Å². The first kappa shape index (κ1) is 10.8. The maximum absolute atomic E-state index is 9.28. The van der Waals surface area contributed by atoms with Gasteiger partial charge in [-0.05, 0) is 39.8 Å². The van der Waals surface area contributed by atoms with Gasteiger partial charge in [-0.3, -0.25) is 4.90 Å². The van der Waals surface area contributed by atoms with Gasteiger partial charge in [0, 0.05) is 6.54 Å². The van der Waals surface area contributed by atoms with Crippen LogP contribution < -0.4 is 11.0 Å². The summed E-state index contributed by atoms with van der Waals surface area (Å²) in [5, 5.41) is 9.28. The fraction of sp³-hybridized carbons (Fsp3) is 0.900. The summed E-state index contributed by atoms with van der Waals surface area (Å²) >= 11 is 0. The molecule has 0 aromatic heterocycles. The van der Waals surface area contributed by atoms with Crippen LogP contribution in [0.5, 0.6) is 0 Å². The van der Waals surface area contributed by atoms with Crippen LogP contribution in [0, 0.1) is 11.3 Å². The molecule has 1 heterocycles. The van der Waals surface area contributed by atoms with Gasteiger partial charge >= 0.3 is 0 Å². The van der Waals surface area contributed by atoms with Gasteiger partial charge in [-0.15, -0.1) is 0 Å². The van der Waals surface area contributed by atoms with Gasteiger partial charge in [0.15, 0.2) is 0 Å². The Balaban J connectivity index is 2.05. The minimum absolute atomic E-state index is 0.0519. The average Bonchev–Trinajstić information content (AvgIpc) is 2.68. The van der Waals surface area contributed by atoms with Crippen LogP contribution >= 0.6 is 0 Å². The highest BCUT2D eigenvalue weighted by molar-refractivity contribution is 5.13. The Labute approximate surface area is 90.3 Å². The van der Waals surface area contributed by atoms with Gasteiger partial charge in [-0.1, -0.05) is 0 Å². The van der Waals surface area contributed by atoms with E-state index in [4.69, 9.17) is 4.94 Å². The maximum Gasteiger partial charge on any atom is 0.108 e. The Morgan fingerprint density at radius 2 is 1.93 bits per heavy atom. The molecule has 5 heteroatoms. The predicted molar refractivity (Wildman–Crippen MR) is 55.5 cm³/mol. The molecule has 2 fully saturated rings. The van der Waals surface area contributed by atoms with E-state index >= 15 is 0 Å². The van der Waals surface area contributed by atoms with Gasteiger partial charge in [0.1, 0.15) is 5.54 Å². The van der Waals surface area contributed by atoms with E-state index in [0.717, 1.165) is 32.2 Å². The summed E-state index contributed by atoms with van der Waals surface area (Å²) in [6, 6.07) is 2.46. The highest BCUT2D eigenvalue weighted by Crippen LogP contribution is 2.38. The van der Waals surface area contributed by atoms with Crippen LogP contribution in [-0.4, -0.2) is 36.6 Å². The molecule has 1 aliphatic carbocycles. The zero-order chi connectivity index (χ0) is 10.9. The topological polar surface area (TPSA) is 60.3 Å². The highest BCUT2D eigenvalue weighted by atomic mass is 16.8. The smallest absolute Gasteiger partial charge is 0.108 e.